The third-order valence-corrected chi connectivity index (χ3v) is 3.24. The van der Waals surface area contributed by atoms with Crippen molar-refractivity contribution in [2.24, 2.45) is 5.92 Å². The maximum Gasteiger partial charge on any atom is 0.268 e. The van der Waals surface area contributed by atoms with Crippen LogP contribution in [0.4, 0.5) is 5.69 Å². The lowest BCUT2D eigenvalue weighted by Gasteiger charge is -2.23. The van der Waals surface area contributed by atoms with E-state index in [1.165, 1.54) is 0 Å². The van der Waals surface area contributed by atoms with Gasteiger partial charge in [0.2, 0.25) is 0 Å². The zero-order valence-corrected chi connectivity index (χ0v) is 13.6. The average molecular weight is 280 g/mol. The molecule has 0 bridgehead atoms. The van der Waals surface area contributed by atoms with Crippen molar-refractivity contribution in [2.45, 2.75) is 46.7 Å². The Morgan fingerprint density at radius 1 is 1.45 bits per heavy atom. The van der Waals surface area contributed by atoms with Crippen LogP contribution in [0.5, 0.6) is 0 Å². The molecule has 1 N–H and O–H groups in total. The quantitative estimate of drug-likeness (QED) is 0.862. The number of nitrogens with zero attached hydrogens (tertiary/aromatic N) is 3. The fourth-order valence-electron chi connectivity index (χ4n) is 1.79. The van der Waals surface area contributed by atoms with E-state index in [2.05, 4.69) is 38.1 Å². The Hall–Kier alpha value is -1.36. The lowest BCUT2D eigenvalue weighted by atomic mass is 10.1. The summed E-state index contributed by atoms with van der Waals surface area (Å²) in [5, 5.41) is 7.72. The van der Waals surface area contributed by atoms with Crippen LogP contribution in [0.25, 0.3) is 0 Å². The summed E-state index contributed by atoms with van der Waals surface area (Å²) >= 11 is 0. The van der Waals surface area contributed by atoms with E-state index in [0.717, 1.165) is 18.8 Å². The van der Waals surface area contributed by atoms with Gasteiger partial charge >= 0.3 is 0 Å². The highest BCUT2D eigenvalue weighted by molar-refractivity contribution is 5.41. The molecule has 20 heavy (non-hydrogen) atoms. The second-order valence-corrected chi connectivity index (χ2v) is 6.48. The van der Waals surface area contributed by atoms with E-state index in [4.69, 9.17) is 0 Å². The van der Waals surface area contributed by atoms with E-state index in [1.54, 1.807) is 16.9 Å². The van der Waals surface area contributed by atoms with Crippen molar-refractivity contribution in [2.75, 3.05) is 25.0 Å². The molecule has 0 amide bonds. The number of rotatable bonds is 6. The molecule has 1 rings (SSSR count). The van der Waals surface area contributed by atoms with Gasteiger partial charge in [0.05, 0.1) is 11.9 Å². The fraction of sp³-hybridized carbons (Fsp3) is 0.733. The van der Waals surface area contributed by atoms with E-state index in [-0.39, 0.29) is 11.1 Å². The summed E-state index contributed by atoms with van der Waals surface area (Å²) in [6, 6.07) is 1.65. The number of hydrogen-bond acceptors (Lipinski definition) is 4. The van der Waals surface area contributed by atoms with Crippen molar-refractivity contribution in [3.8, 4) is 0 Å². The summed E-state index contributed by atoms with van der Waals surface area (Å²) in [5.74, 6) is 0.356. The number of nitrogens with one attached hydrogen (secondary N) is 1. The maximum absolute atomic E-state index is 12.1. The van der Waals surface area contributed by atoms with E-state index in [1.807, 2.05) is 18.9 Å². The second kappa shape index (κ2) is 6.88. The molecule has 0 aliphatic carbocycles. The molecule has 0 aliphatic heterocycles. The van der Waals surface area contributed by atoms with E-state index in [9.17, 15) is 4.79 Å². The Kier molecular flexibility index (Phi) is 5.74. The number of anilines is 1. The zero-order valence-electron chi connectivity index (χ0n) is 13.6. The predicted octanol–water partition coefficient (Wildman–Crippen LogP) is 1.72. The topological polar surface area (TPSA) is 50.2 Å². The van der Waals surface area contributed by atoms with Crippen LogP contribution in [0.15, 0.2) is 17.1 Å². The zero-order chi connectivity index (χ0) is 15.3. The average Bonchev–Trinajstić information content (AvgIpc) is 2.37. The SMILES string of the molecule is CCN(C)c1cnn(CC(C)CNC(C)(C)C)c(=O)c1. The van der Waals surface area contributed by atoms with Gasteiger partial charge in [-0.2, -0.15) is 5.10 Å². The van der Waals surface area contributed by atoms with Gasteiger partial charge < -0.3 is 10.2 Å². The van der Waals surface area contributed by atoms with E-state index in [0.29, 0.717) is 12.5 Å². The van der Waals surface area contributed by atoms with Crippen molar-refractivity contribution < 1.29 is 0 Å². The lowest BCUT2D eigenvalue weighted by Crippen LogP contribution is -2.40. The van der Waals surface area contributed by atoms with Crippen molar-refractivity contribution in [1.82, 2.24) is 15.1 Å². The molecule has 0 aliphatic rings. The van der Waals surface area contributed by atoms with Crippen molar-refractivity contribution in [3.63, 3.8) is 0 Å². The van der Waals surface area contributed by atoms with Crippen LogP contribution >= 0.6 is 0 Å². The van der Waals surface area contributed by atoms with Gasteiger partial charge in [0.15, 0.2) is 0 Å². The molecule has 0 saturated heterocycles. The molecule has 1 heterocycles. The van der Waals surface area contributed by atoms with Crippen molar-refractivity contribution >= 4 is 5.69 Å². The molecule has 0 aromatic carbocycles. The molecule has 0 spiro atoms. The molecule has 5 heteroatoms. The normalized spacial score (nSPS) is 13.3. The Bertz CT molecular complexity index is 475. The van der Waals surface area contributed by atoms with Gasteiger partial charge in [-0.1, -0.05) is 6.92 Å². The molecule has 5 nitrogen and oxygen atoms in total. The van der Waals surface area contributed by atoms with Crippen molar-refractivity contribution in [3.05, 3.63) is 22.6 Å². The van der Waals surface area contributed by atoms with Gasteiger partial charge in [0.1, 0.15) is 0 Å². The summed E-state index contributed by atoms with van der Waals surface area (Å²) in [6.45, 7) is 13.0. The first kappa shape index (κ1) is 16.7. The van der Waals surface area contributed by atoms with Gasteiger partial charge in [-0.15, -0.1) is 0 Å². The monoisotopic (exact) mass is 280 g/mol. The first-order valence-electron chi connectivity index (χ1n) is 7.26. The van der Waals surface area contributed by atoms with E-state index < -0.39 is 0 Å². The molecule has 1 atom stereocenters. The Morgan fingerprint density at radius 2 is 2.10 bits per heavy atom. The molecule has 1 unspecified atom stereocenters. The molecular formula is C15H28N4O. The van der Waals surface area contributed by atoms with Crippen LogP contribution in [0, 0.1) is 5.92 Å². The van der Waals surface area contributed by atoms with Gasteiger partial charge in [-0.05, 0) is 40.2 Å². The summed E-state index contributed by atoms with van der Waals surface area (Å²) in [4.78, 5) is 14.1. The summed E-state index contributed by atoms with van der Waals surface area (Å²) in [5.41, 5.74) is 0.931. The Balaban J connectivity index is 2.67. The van der Waals surface area contributed by atoms with Crippen LogP contribution in [0.2, 0.25) is 0 Å². The summed E-state index contributed by atoms with van der Waals surface area (Å²) in [7, 11) is 1.96. The number of hydrogen-bond donors (Lipinski definition) is 1. The lowest BCUT2D eigenvalue weighted by molar-refractivity contribution is 0.347. The van der Waals surface area contributed by atoms with Gasteiger partial charge in [0.25, 0.3) is 5.56 Å². The van der Waals surface area contributed by atoms with Crippen LogP contribution in [-0.4, -0.2) is 35.5 Å². The highest BCUT2D eigenvalue weighted by atomic mass is 16.1. The fourth-order valence-corrected chi connectivity index (χ4v) is 1.79. The summed E-state index contributed by atoms with van der Waals surface area (Å²) < 4.78 is 1.54. The molecule has 0 radical (unpaired) electrons. The minimum atomic E-state index is -0.0367. The molecule has 0 saturated carbocycles. The standard InChI is InChI=1S/C15H28N4O/c1-7-18(6)13-8-14(20)19(17-10-13)11-12(2)9-16-15(3,4)5/h8,10,12,16H,7,9,11H2,1-6H3. The highest BCUT2D eigenvalue weighted by Gasteiger charge is 2.12. The minimum Gasteiger partial charge on any atom is -0.373 e. The third kappa shape index (κ3) is 5.33. The maximum atomic E-state index is 12.1. The molecule has 0 fully saturated rings. The van der Waals surface area contributed by atoms with Crippen molar-refractivity contribution in [1.29, 1.82) is 0 Å². The van der Waals surface area contributed by atoms with Gasteiger partial charge in [-0.25, -0.2) is 4.68 Å². The van der Waals surface area contributed by atoms with Crippen LogP contribution in [-0.2, 0) is 6.54 Å². The van der Waals surface area contributed by atoms with Crippen LogP contribution in [0.3, 0.4) is 0 Å². The van der Waals surface area contributed by atoms with Gasteiger partial charge in [-0.3, -0.25) is 4.79 Å². The van der Waals surface area contributed by atoms with Gasteiger partial charge in [0, 0.05) is 31.7 Å². The first-order valence-corrected chi connectivity index (χ1v) is 7.26. The highest BCUT2D eigenvalue weighted by Crippen LogP contribution is 2.07. The molecular weight excluding hydrogens is 252 g/mol. The largest absolute Gasteiger partial charge is 0.373 e. The third-order valence-electron chi connectivity index (χ3n) is 3.24. The molecule has 1 aromatic heterocycles. The minimum absolute atomic E-state index is 0.0367. The predicted molar refractivity (Wildman–Crippen MR) is 84.4 cm³/mol. The smallest absolute Gasteiger partial charge is 0.268 e. The molecule has 1 aromatic rings. The summed E-state index contributed by atoms with van der Waals surface area (Å²) in [6.07, 6.45) is 1.76. The molecule has 114 valence electrons. The number of aromatic nitrogens is 2. The van der Waals surface area contributed by atoms with Crippen LogP contribution < -0.4 is 15.8 Å². The van der Waals surface area contributed by atoms with Crippen LogP contribution in [0.1, 0.15) is 34.6 Å². The van der Waals surface area contributed by atoms with E-state index >= 15 is 0 Å². The first-order chi connectivity index (χ1) is 9.23. The Labute approximate surface area is 122 Å². The Morgan fingerprint density at radius 3 is 2.60 bits per heavy atom. The second-order valence-electron chi connectivity index (χ2n) is 6.48.